The van der Waals surface area contributed by atoms with E-state index in [-0.39, 0.29) is 17.8 Å². The van der Waals surface area contributed by atoms with Crippen LogP contribution >= 0.6 is 0 Å². The van der Waals surface area contributed by atoms with Crippen LogP contribution in [0.2, 0.25) is 0 Å². The highest BCUT2D eigenvalue weighted by Crippen LogP contribution is 2.44. The van der Waals surface area contributed by atoms with Crippen molar-refractivity contribution in [3.05, 3.63) is 47.7 Å². The molecule has 0 aromatic carbocycles. The predicted molar refractivity (Wildman–Crippen MR) is 111 cm³/mol. The van der Waals surface area contributed by atoms with Crippen LogP contribution in [-0.4, -0.2) is 39.5 Å². The molecule has 2 aromatic heterocycles. The number of nitrogens with zero attached hydrogens (tertiary/aromatic N) is 3. The van der Waals surface area contributed by atoms with Crippen molar-refractivity contribution < 1.29 is 4.79 Å². The van der Waals surface area contributed by atoms with Crippen molar-refractivity contribution in [2.75, 3.05) is 11.9 Å². The van der Waals surface area contributed by atoms with Crippen molar-refractivity contribution in [3.8, 4) is 0 Å². The lowest BCUT2D eigenvalue weighted by molar-refractivity contribution is 0.0993. The highest BCUT2D eigenvalue weighted by molar-refractivity contribution is 5.92. The van der Waals surface area contributed by atoms with E-state index in [1.165, 1.54) is 5.56 Å². The van der Waals surface area contributed by atoms with Gasteiger partial charge in [0.05, 0.1) is 17.9 Å². The average Bonchev–Trinajstić information content (AvgIpc) is 3.16. The number of pyridine rings is 1. The van der Waals surface area contributed by atoms with Crippen LogP contribution in [0.15, 0.2) is 30.7 Å². The number of rotatable bonds is 6. The Labute approximate surface area is 170 Å². The van der Waals surface area contributed by atoms with Gasteiger partial charge < -0.3 is 22.1 Å². The summed E-state index contributed by atoms with van der Waals surface area (Å²) in [5.41, 5.74) is 13.6. The van der Waals surface area contributed by atoms with Gasteiger partial charge in [0.15, 0.2) is 5.69 Å². The molecule has 0 spiro atoms. The van der Waals surface area contributed by atoms with Crippen molar-refractivity contribution in [2.24, 2.45) is 17.4 Å². The lowest BCUT2D eigenvalue weighted by Gasteiger charge is -2.31. The monoisotopic (exact) mass is 395 g/mol. The molecule has 0 bridgehead atoms. The van der Waals surface area contributed by atoms with Gasteiger partial charge in [-0.2, -0.15) is 0 Å². The number of aromatic nitrogens is 3. The Morgan fingerprint density at radius 2 is 2.21 bits per heavy atom. The molecule has 29 heavy (non-hydrogen) atoms. The van der Waals surface area contributed by atoms with Crippen molar-refractivity contribution in [2.45, 2.75) is 56.7 Å². The molecule has 2 fully saturated rings. The smallest absolute Gasteiger partial charge is 0.269 e. The summed E-state index contributed by atoms with van der Waals surface area (Å²) in [4.78, 5) is 25.2. The molecule has 8 heteroatoms. The first kappa shape index (κ1) is 19.7. The number of primary amides is 1. The topological polar surface area (TPSA) is 132 Å². The second-order valence-corrected chi connectivity index (χ2v) is 8.33. The van der Waals surface area contributed by atoms with Crippen LogP contribution in [0.4, 0.5) is 5.82 Å². The van der Waals surface area contributed by atoms with E-state index < -0.39 is 5.91 Å². The summed E-state index contributed by atoms with van der Waals surface area (Å²) in [7, 11) is 0. The molecule has 1 saturated carbocycles. The van der Waals surface area contributed by atoms with Gasteiger partial charge in [-0.25, -0.2) is 9.97 Å². The Balaban J connectivity index is 1.52. The van der Waals surface area contributed by atoms with Gasteiger partial charge in [-0.05, 0) is 56.1 Å². The molecule has 5 atom stereocenters. The van der Waals surface area contributed by atoms with Gasteiger partial charge in [0.2, 0.25) is 0 Å². The van der Waals surface area contributed by atoms with Crippen molar-refractivity contribution >= 4 is 11.7 Å². The Morgan fingerprint density at radius 1 is 1.34 bits per heavy atom. The van der Waals surface area contributed by atoms with Crippen LogP contribution in [0.25, 0.3) is 0 Å². The van der Waals surface area contributed by atoms with Crippen molar-refractivity contribution in [1.29, 1.82) is 0 Å². The number of hydrogen-bond donors (Lipinski definition) is 4. The molecule has 2 aromatic rings. The number of fused-ring (bicyclic) bond motifs is 1. The first-order valence-electron chi connectivity index (χ1n) is 10.3. The molecule has 4 rings (SSSR count). The molecule has 2 aliphatic rings. The highest BCUT2D eigenvalue weighted by atomic mass is 16.1. The summed E-state index contributed by atoms with van der Waals surface area (Å²) < 4.78 is 0. The van der Waals surface area contributed by atoms with E-state index in [2.05, 4.69) is 31.7 Å². The third-order valence-corrected chi connectivity index (χ3v) is 6.06. The molecule has 1 aliphatic carbocycles. The fourth-order valence-electron chi connectivity index (χ4n) is 4.67. The molecular formula is C21H29N7O. The predicted octanol–water partition coefficient (Wildman–Crippen LogP) is 1.72. The maximum absolute atomic E-state index is 12.0. The maximum atomic E-state index is 12.0. The maximum Gasteiger partial charge on any atom is 0.269 e. The summed E-state index contributed by atoms with van der Waals surface area (Å²) >= 11 is 0. The molecule has 1 amide bonds. The van der Waals surface area contributed by atoms with Gasteiger partial charge in [-0.3, -0.25) is 9.78 Å². The van der Waals surface area contributed by atoms with Crippen LogP contribution in [0.1, 0.15) is 66.3 Å². The first-order chi connectivity index (χ1) is 14.0. The van der Waals surface area contributed by atoms with Gasteiger partial charge in [0.1, 0.15) is 5.82 Å². The van der Waals surface area contributed by atoms with E-state index in [0.717, 1.165) is 25.7 Å². The first-order valence-corrected chi connectivity index (χ1v) is 10.3. The second-order valence-electron chi connectivity index (χ2n) is 8.33. The van der Waals surface area contributed by atoms with Gasteiger partial charge in [-0.1, -0.05) is 6.07 Å². The van der Waals surface area contributed by atoms with Crippen LogP contribution in [0.3, 0.4) is 0 Å². The zero-order chi connectivity index (χ0) is 20.4. The molecule has 3 heterocycles. The number of carbonyl (C=O) groups is 1. The minimum atomic E-state index is -0.545. The van der Waals surface area contributed by atoms with E-state index in [1.807, 2.05) is 25.4 Å². The number of nitrogens with one attached hydrogen (secondary N) is 2. The number of nitrogens with two attached hydrogens (primary N) is 2. The van der Waals surface area contributed by atoms with E-state index in [1.54, 1.807) is 6.20 Å². The normalized spacial score (nSPS) is 27.2. The van der Waals surface area contributed by atoms with E-state index >= 15 is 0 Å². The number of hydrogen-bond acceptors (Lipinski definition) is 7. The summed E-state index contributed by atoms with van der Waals surface area (Å²) in [6.07, 6.45) is 9.62. The lowest BCUT2D eigenvalue weighted by atomic mass is 9.75. The molecule has 1 saturated heterocycles. The summed E-state index contributed by atoms with van der Waals surface area (Å²) in [6.45, 7) is 2.50. The Morgan fingerprint density at radius 3 is 2.93 bits per heavy atom. The highest BCUT2D eigenvalue weighted by Gasteiger charge is 2.40. The molecular weight excluding hydrogens is 366 g/mol. The zero-order valence-corrected chi connectivity index (χ0v) is 16.7. The minimum absolute atomic E-state index is 0.00653. The van der Waals surface area contributed by atoms with Crippen LogP contribution in [0, 0.1) is 5.92 Å². The standard InChI is InChI=1S/C21H29N7O/c1-12(22)9-25-18-11-26-20(21(23)29)19(28-18)17-8-15-7-13(4-5-16(15)27-17)14-3-2-6-24-10-14/h2-3,6,10-13,15-17,27H,4-5,7-9,22H2,1H3,(H2,23,29)(H,25,28)/t12-,13?,15?,16?,17?/m0/s1. The summed E-state index contributed by atoms with van der Waals surface area (Å²) in [5, 5.41) is 6.87. The average molecular weight is 396 g/mol. The Hall–Kier alpha value is -2.58. The molecule has 1 aliphatic heterocycles. The summed E-state index contributed by atoms with van der Waals surface area (Å²) in [6, 6.07) is 4.57. The molecule has 6 N–H and O–H groups in total. The fourth-order valence-corrected chi connectivity index (χ4v) is 4.67. The van der Waals surface area contributed by atoms with E-state index in [4.69, 9.17) is 11.5 Å². The van der Waals surface area contributed by atoms with Crippen LogP contribution in [0.5, 0.6) is 0 Å². The zero-order valence-electron chi connectivity index (χ0n) is 16.7. The fraction of sp³-hybridized carbons (Fsp3) is 0.524. The van der Waals surface area contributed by atoms with E-state index in [9.17, 15) is 4.79 Å². The summed E-state index contributed by atoms with van der Waals surface area (Å²) in [5.74, 6) is 1.14. The number of anilines is 1. The minimum Gasteiger partial charge on any atom is -0.367 e. The number of carbonyl (C=O) groups excluding carboxylic acids is 1. The molecule has 4 unspecified atom stereocenters. The van der Waals surface area contributed by atoms with Gasteiger partial charge in [0, 0.05) is 31.0 Å². The third-order valence-electron chi connectivity index (χ3n) is 6.06. The van der Waals surface area contributed by atoms with Crippen LogP contribution < -0.4 is 22.1 Å². The molecule has 154 valence electrons. The Bertz CT molecular complexity index is 857. The second kappa shape index (κ2) is 8.42. The van der Waals surface area contributed by atoms with E-state index in [0.29, 0.717) is 35.9 Å². The van der Waals surface area contributed by atoms with Crippen molar-refractivity contribution in [3.63, 3.8) is 0 Å². The molecule has 8 nitrogen and oxygen atoms in total. The van der Waals surface area contributed by atoms with Gasteiger partial charge >= 0.3 is 0 Å². The van der Waals surface area contributed by atoms with Gasteiger partial charge in [-0.15, -0.1) is 0 Å². The number of amides is 1. The molecule has 0 radical (unpaired) electrons. The third kappa shape index (κ3) is 4.38. The lowest BCUT2D eigenvalue weighted by Crippen LogP contribution is -2.33. The largest absolute Gasteiger partial charge is 0.367 e. The van der Waals surface area contributed by atoms with Crippen molar-refractivity contribution in [1.82, 2.24) is 20.3 Å². The quantitative estimate of drug-likeness (QED) is 0.585. The SMILES string of the molecule is C[C@H](N)CNc1cnc(C(N)=O)c(C2CC3CC(c4cccnc4)CCC3N2)n1. The Kier molecular flexibility index (Phi) is 5.73. The van der Waals surface area contributed by atoms with Crippen LogP contribution in [-0.2, 0) is 0 Å². The van der Waals surface area contributed by atoms with Gasteiger partial charge in [0.25, 0.3) is 5.91 Å².